The van der Waals surface area contributed by atoms with Crippen molar-refractivity contribution in [3.05, 3.63) is 0 Å². The number of ether oxygens (including phenoxy) is 4. The van der Waals surface area contributed by atoms with E-state index in [-0.39, 0.29) is 57.3 Å². The van der Waals surface area contributed by atoms with Gasteiger partial charge >= 0.3 is 5.97 Å². The summed E-state index contributed by atoms with van der Waals surface area (Å²) in [6.45, 7) is 20.1. The number of carbonyl (C=O) groups is 1. The molecule has 2 saturated heterocycles. The fourth-order valence-corrected chi connectivity index (χ4v) is 13.8. The fourth-order valence-electron chi connectivity index (χ4n) is 13.8. The summed E-state index contributed by atoms with van der Waals surface area (Å²) in [5.41, 5.74) is -0.893. The van der Waals surface area contributed by atoms with E-state index in [1.165, 1.54) is 12.8 Å². The third-order valence-corrected chi connectivity index (χ3v) is 15.9. The first kappa shape index (κ1) is 33.7. The maximum Gasteiger partial charge on any atom is 0.336 e. The minimum absolute atomic E-state index is 0.0146. The Morgan fingerprint density at radius 2 is 1.76 bits per heavy atom. The smallest absolute Gasteiger partial charge is 0.336 e. The van der Waals surface area contributed by atoms with E-state index < -0.39 is 23.9 Å². The maximum absolute atomic E-state index is 13.3. The highest BCUT2D eigenvalue weighted by Gasteiger charge is 2.84. The Kier molecular flexibility index (Phi) is 7.96. The van der Waals surface area contributed by atoms with E-state index in [1.54, 1.807) is 0 Å². The minimum atomic E-state index is -1.03. The van der Waals surface area contributed by atoms with Crippen molar-refractivity contribution in [2.45, 2.75) is 149 Å². The number of esters is 1. The third-order valence-electron chi connectivity index (χ3n) is 15.9. The summed E-state index contributed by atoms with van der Waals surface area (Å²) in [6, 6.07) is 0. The van der Waals surface area contributed by atoms with Crippen molar-refractivity contribution in [1.29, 1.82) is 0 Å². The van der Waals surface area contributed by atoms with Crippen molar-refractivity contribution in [1.82, 2.24) is 4.90 Å². The van der Waals surface area contributed by atoms with Gasteiger partial charge < -0.3 is 34.1 Å². The summed E-state index contributed by atoms with van der Waals surface area (Å²) < 4.78 is 25.2. The van der Waals surface area contributed by atoms with Crippen LogP contribution in [0.25, 0.3) is 0 Å². The Labute approximate surface area is 277 Å². The lowest BCUT2D eigenvalue weighted by molar-refractivity contribution is -0.215. The molecule has 8 nitrogen and oxygen atoms in total. The average molecular weight is 646 g/mol. The Morgan fingerprint density at radius 1 is 1.07 bits per heavy atom. The van der Waals surface area contributed by atoms with Crippen LogP contribution in [-0.4, -0.2) is 96.7 Å². The van der Waals surface area contributed by atoms with Gasteiger partial charge in [-0.05, 0) is 119 Å². The molecule has 0 bridgehead atoms. The monoisotopic (exact) mass is 645 g/mol. The lowest BCUT2D eigenvalue weighted by Gasteiger charge is -2.63. The van der Waals surface area contributed by atoms with E-state index in [4.69, 9.17) is 18.9 Å². The first-order chi connectivity index (χ1) is 21.5. The Bertz CT molecular complexity index is 1200. The van der Waals surface area contributed by atoms with E-state index >= 15 is 0 Å². The third kappa shape index (κ3) is 4.41. The molecular weight excluding hydrogens is 582 g/mol. The van der Waals surface area contributed by atoms with Gasteiger partial charge in [0.2, 0.25) is 0 Å². The van der Waals surface area contributed by atoms with Crippen molar-refractivity contribution in [2.24, 2.45) is 50.7 Å². The molecule has 2 N–H and O–H groups in total. The number of aliphatic hydroxyl groups excluding tert-OH is 1. The summed E-state index contributed by atoms with van der Waals surface area (Å²) in [6.07, 6.45) is 6.62. The van der Waals surface area contributed by atoms with E-state index in [9.17, 15) is 15.0 Å². The first-order valence-corrected chi connectivity index (χ1v) is 18.7. The van der Waals surface area contributed by atoms with Gasteiger partial charge in [0.1, 0.15) is 12.2 Å². The first-order valence-electron chi connectivity index (χ1n) is 18.7. The van der Waals surface area contributed by atoms with Crippen molar-refractivity contribution in [3.8, 4) is 0 Å². The summed E-state index contributed by atoms with van der Waals surface area (Å²) >= 11 is 0. The minimum Gasteiger partial charge on any atom is -0.460 e. The molecule has 2 aliphatic heterocycles. The van der Waals surface area contributed by atoms with Crippen molar-refractivity contribution >= 4 is 5.97 Å². The van der Waals surface area contributed by atoms with Gasteiger partial charge in [-0.3, -0.25) is 0 Å². The van der Waals surface area contributed by atoms with Crippen LogP contribution in [0.3, 0.4) is 0 Å². The lowest BCUT2D eigenvalue weighted by Crippen LogP contribution is -2.60. The van der Waals surface area contributed by atoms with E-state index in [2.05, 4.69) is 39.5 Å². The molecule has 0 aromatic heterocycles. The van der Waals surface area contributed by atoms with Crippen LogP contribution in [0, 0.1) is 50.7 Å². The van der Waals surface area contributed by atoms with Gasteiger partial charge in [0, 0.05) is 30.5 Å². The topological polar surface area (TPSA) is 97.7 Å². The molecule has 0 amide bonds. The molecule has 14 atom stereocenters. The largest absolute Gasteiger partial charge is 0.460 e. The number of carbonyl (C=O) groups excluding carboxylic acids is 1. The summed E-state index contributed by atoms with van der Waals surface area (Å²) in [5, 5.41) is 23.6. The Morgan fingerprint density at radius 3 is 2.43 bits per heavy atom. The molecule has 46 heavy (non-hydrogen) atoms. The van der Waals surface area contributed by atoms with Crippen molar-refractivity contribution in [2.75, 3.05) is 33.4 Å². The van der Waals surface area contributed by atoms with Crippen molar-refractivity contribution in [3.63, 3.8) is 0 Å². The van der Waals surface area contributed by atoms with Crippen LogP contribution in [0.1, 0.15) is 107 Å². The van der Waals surface area contributed by atoms with Gasteiger partial charge in [0.05, 0.1) is 30.5 Å². The summed E-state index contributed by atoms with van der Waals surface area (Å²) in [7, 11) is 2.03. The average Bonchev–Trinajstić information content (AvgIpc) is 3.61. The van der Waals surface area contributed by atoms with Crippen LogP contribution in [-0.2, 0) is 23.7 Å². The zero-order chi connectivity index (χ0) is 33.2. The molecule has 2 heterocycles. The predicted octanol–water partition coefficient (Wildman–Crippen LogP) is 5.22. The molecule has 7 aliphatic rings. The second-order valence-corrected chi connectivity index (χ2v) is 18.6. The highest BCUT2D eigenvalue weighted by atomic mass is 16.6. The number of hydrogen-bond donors (Lipinski definition) is 2. The Balaban J connectivity index is 1.13. The molecule has 7 fully saturated rings. The molecule has 7 rings (SSSR count). The van der Waals surface area contributed by atoms with Gasteiger partial charge in [-0.2, -0.15) is 0 Å². The quantitative estimate of drug-likeness (QED) is 0.380. The Hall–Kier alpha value is -0.770. The molecule has 0 unspecified atom stereocenters. The van der Waals surface area contributed by atoms with E-state index in [0.29, 0.717) is 37.5 Å². The van der Waals surface area contributed by atoms with Crippen LogP contribution in [0.15, 0.2) is 0 Å². The number of hydrogen-bond acceptors (Lipinski definition) is 8. The number of aliphatic hydroxyl groups is 2. The van der Waals surface area contributed by atoms with Crippen LogP contribution in [0.5, 0.6) is 0 Å². The maximum atomic E-state index is 13.3. The molecule has 262 valence electrons. The second kappa shape index (κ2) is 10.9. The number of fused-ring (bicyclic) bond motifs is 4. The SMILES string of the molecule is CCO[C@@H]([C@H]1C[C@@H](C)[C@H]2[C@H](O1)[C@H](O)[C@@]1(C)[C@@H]3CC[C@H]4C(C)(C)[C@@H](OC(=O)[C@@H]5CN(C)CCO5)CC[C@@]45C[C@@]35CC[C@]21C)C(C)(C)O. The highest BCUT2D eigenvalue weighted by molar-refractivity contribution is 5.75. The molecule has 8 heteroatoms. The van der Waals surface area contributed by atoms with Gasteiger partial charge in [-0.1, -0.05) is 34.6 Å². The van der Waals surface area contributed by atoms with Crippen LogP contribution >= 0.6 is 0 Å². The number of morpholine rings is 1. The standard InChI is InChI=1S/C38H63NO7/c1-10-43-31(34(5,6)42)23-19-22(2)28-29(45-23)30(40)36(8)26-12-11-25-33(3,4)27(46-32(41)24-20-39(9)17-18-44-24)13-14-37(25)21-38(26,37)16-15-35(28,36)7/h22-31,40,42H,10-21H2,1-9H3/t22-,23-,24+,25+,26+,27+,28+,29+,30+,31+,35-,36-,37-,38+/m1/s1. The molecule has 0 aromatic rings. The molecule has 5 aliphatic carbocycles. The second-order valence-electron chi connectivity index (χ2n) is 18.6. The lowest BCUT2D eigenvalue weighted by atomic mass is 9.41. The molecule has 0 radical (unpaired) electrons. The zero-order valence-corrected chi connectivity index (χ0v) is 30.1. The van der Waals surface area contributed by atoms with Gasteiger partial charge in [0.25, 0.3) is 0 Å². The normalized spacial score (nSPS) is 51.9. The van der Waals surface area contributed by atoms with Crippen LogP contribution in [0.2, 0.25) is 0 Å². The number of likely N-dealkylation sites (N-methyl/N-ethyl adjacent to an activating group) is 1. The number of rotatable bonds is 6. The molecule has 2 spiro atoms. The fraction of sp³-hybridized carbons (Fsp3) is 0.974. The molecular formula is C38H63NO7. The van der Waals surface area contributed by atoms with Gasteiger partial charge in [-0.25, -0.2) is 4.79 Å². The van der Waals surface area contributed by atoms with E-state index in [1.807, 2.05) is 27.8 Å². The molecule has 5 saturated carbocycles. The zero-order valence-electron chi connectivity index (χ0n) is 30.1. The summed E-state index contributed by atoms with van der Waals surface area (Å²) in [5.74, 6) is 1.41. The van der Waals surface area contributed by atoms with Crippen LogP contribution in [0.4, 0.5) is 0 Å². The molecule has 0 aromatic carbocycles. The predicted molar refractivity (Wildman–Crippen MR) is 175 cm³/mol. The van der Waals surface area contributed by atoms with Crippen LogP contribution < -0.4 is 0 Å². The number of nitrogens with zero attached hydrogens (tertiary/aromatic N) is 1. The van der Waals surface area contributed by atoms with Gasteiger partial charge in [-0.15, -0.1) is 0 Å². The summed E-state index contributed by atoms with van der Waals surface area (Å²) in [4.78, 5) is 15.4. The van der Waals surface area contributed by atoms with Crippen molar-refractivity contribution < 1.29 is 34.0 Å². The van der Waals surface area contributed by atoms with E-state index in [0.717, 1.165) is 45.1 Å². The van der Waals surface area contributed by atoms with Gasteiger partial charge in [0.15, 0.2) is 6.10 Å². The highest BCUT2D eigenvalue weighted by Crippen LogP contribution is 2.89.